The first-order chi connectivity index (χ1) is 6.83. The molecule has 2 aromatic rings. The molecular formula is C10H7BrN2O. The molecule has 14 heavy (non-hydrogen) atoms. The Labute approximate surface area is 89.5 Å². The van der Waals surface area contributed by atoms with E-state index in [1.807, 2.05) is 18.2 Å². The van der Waals surface area contributed by atoms with E-state index in [0.29, 0.717) is 17.6 Å². The van der Waals surface area contributed by atoms with Crippen LogP contribution in [-0.4, -0.2) is 4.98 Å². The van der Waals surface area contributed by atoms with Gasteiger partial charge < -0.3 is 4.42 Å². The molecule has 1 heterocycles. The summed E-state index contributed by atoms with van der Waals surface area (Å²) in [4.78, 5) is 4.24. The van der Waals surface area contributed by atoms with Crippen LogP contribution in [-0.2, 0) is 11.8 Å². The second-order valence-electron chi connectivity index (χ2n) is 2.88. The molecular weight excluding hydrogens is 244 g/mol. The number of benzene rings is 1. The van der Waals surface area contributed by atoms with Crippen molar-refractivity contribution >= 4 is 27.0 Å². The Bertz CT molecular complexity index is 498. The fourth-order valence-corrected chi connectivity index (χ4v) is 1.51. The van der Waals surface area contributed by atoms with Gasteiger partial charge in [0.2, 0.25) is 5.89 Å². The van der Waals surface area contributed by atoms with Crippen molar-refractivity contribution in [2.24, 2.45) is 0 Å². The maximum atomic E-state index is 8.54. The van der Waals surface area contributed by atoms with E-state index in [1.54, 1.807) is 0 Å². The lowest BCUT2D eigenvalue weighted by molar-refractivity contribution is 0.557. The largest absolute Gasteiger partial charge is 0.440 e. The summed E-state index contributed by atoms with van der Waals surface area (Å²) in [5, 5.41) is 9.15. The summed E-state index contributed by atoms with van der Waals surface area (Å²) in [7, 11) is 0. The summed E-state index contributed by atoms with van der Waals surface area (Å²) < 4.78 is 5.44. The van der Waals surface area contributed by atoms with Crippen molar-refractivity contribution in [3.63, 3.8) is 0 Å². The lowest BCUT2D eigenvalue weighted by atomic mass is 10.1. The highest BCUT2D eigenvalue weighted by atomic mass is 79.9. The molecule has 0 fully saturated rings. The van der Waals surface area contributed by atoms with Crippen molar-refractivity contribution in [1.29, 1.82) is 5.26 Å². The third kappa shape index (κ3) is 1.64. The van der Waals surface area contributed by atoms with E-state index in [1.165, 1.54) is 0 Å². The topological polar surface area (TPSA) is 49.8 Å². The second kappa shape index (κ2) is 3.81. The van der Waals surface area contributed by atoms with E-state index in [9.17, 15) is 0 Å². The van der Waals surface area contributed by atoms with Gasteiger partial charge in [0.15, 0.2) is 5.58 Å². The first-order valence-corrected chi connectivity index (χ1v) is 5.27. The van der Waals surface area contributed by atoms with Gasteiger partial charge in [-0.25, -0.2) is 4.98 Å². The number of aromatic nitrogens is 1. The fraction of sp³-hybridized carbons (Fsp3) is 0.200. The molecule has 0 unspecified atom stereocenters. The molecule has 70 valence electrons. The fourth-order valence-electron chi connectivity index (χ4n) is 1.28. The van der Waals surface area contributed by atoms with Gasteiger partial charge in [0.25, 0.3) is 0 Å². The summed E-state index contributed by atoms with van der Waals surface area (Å²) in [5.74, 6) is 0.661. The summed E-state index contributed by atoms with van der Waals surface area (Å²) in [5.41, 5.74) is 2.53. The zero-order chi connectivity index (χ0) is 9.97. The Hall–Kier alpha value is -1.34. The van der Waals surface area contributed by atoms with Crippen molar-refractivity contribution < 1.29 is 4.42 Å². The molecule has 3 nitrogen and oxygen atoms in total. The van der Waals surface area contributed by atoms with E-state index >= 15 is 0 Å². The molecule has 0 atom stereocenters. The van der Waals surface area contributed by atoms with E-state index in [0.717, 1.165) is 16.7 Å². The second-order valence-corrected chi connectivity index (χ2v) is 3.44. The summed E-state index contributed by atoms with van der Waals surface area (Å²) in [6.45, 7) is 0. The predicted octanol–water partition coefficient (Wildman–Crippen LogP) is 2.79. The Morgan fingerprint density at radius 3 is 3.07 bits per heavy atom. The minimum absolute atomic E-state index is 0.403. The molecule has 0 saturated carbocycles. The van der Waals surface area contributed by atoms with Gasteiger partial charge in [0.05, 0.1) is 17.8 Å². The van der Waals surface area contributed by atoms with Crippen LogP contribution in [0.25, 0.3) is 11.1 Å². The van der Waals surface area contributed by atoms with Crippen LogP contribution in [0.2, 0.25) is 0 Å². The van der Waals surface area contributed by atoms with Crippen LogP contribution in [0.1, 0.15) is 11.5 Å². The summed E-state index contributed by atoms with van der Waals surface area (Å²) in [6, 6.07) is 7.72. The number of rotatable bonds is 2. The van der Waals surface area contributed by atoms with Crippen LogP contribution < -0.4 is 0 Å². The Morgan fingerprint density at radius 1 is 1.50 bits per heavy atom. The zero-order valence-electron chi connectivity index (χ0n) is 7.33. The summed E-state index contributed by atoms with van der Waals surface area (Å²) >= 11 is 3.28. The van der Waals surface area contributed by atoms with Gasteiger partial charge in [-0.05, 0) is 17.7 Å². The Morgan fingerprint density at radius 2 is 2.36 bits per heavy atom. The lowest BCUT2D eigenvalue weighted by Gasteiger charge is -1.91. The molecule has 0 saturated heterocycles. The molecule has 0 amide bonds. The number of alkyl halides is 1. The molecule has 4 heteroatoms. The van der Waals surface area contributed by atoms with Gasteiger partial charge in [-0.1, -0.05) is 22.0 Å². The number of halogens is 1. The van der Waals surface area contributed by atoms with E-state index in [4.69, 9.17) is 9.68 Å². The van der Waals surface area contributed by atoms with Gasteiger partial charge in [-0.15, -0.1) is 0 Å². The average molecular weight is 251 g/mol. The highest BCUT2D eigenvalue weighted by Crippen LogP contribution is 2.18. The third-order valence-electron chi connectivity index (χ3n) is 1.89. The lowest BCUT2D eigenvalue weighted by Crippen LogP contribution is -1.79. The van der Waals surface area contributed by atoms with Crippen molar-refractivity contribution in [2.45, 2.75) is 11.8 Å². The van der Waals surface area contributed by atoms with Crippen molar-refractivity contribution in [3.8, 4) is 6.07 Å². The van der Waals surface area contributed by atoms with Crippen molar-refractivity contribution in [3.05, 3.63) is 29.7 Å². The number of fused-ring (bicyclic) bond motifs is 1. The Kier molecular flexibility index (Phi) is 2.51. The number of nitriles is 1. The predicted molar refractivity (Wildman–Crippen MR) is 56.0 cm³/mol. The molecule has 1 aromatic carbocycles. The molecule has 0 N–H and O–H groups in total. The standard InChI is InChI=1S/C10H7BrN2O/c11-6-10-13-8-2-1-7(3-4-12)5-9(8)14-10/h1-2,5H,3,6H2. The molecule has 0 aliphatic heterocycles. The molecule has 2 rings (SSSR count). The van der Waals surface area contributed by atoms with Crippen molar-refractivity contribution in [1.82, 2.24) is 4.98 Å². The number of nitrogens with zero attached hydrogens (tertiary/aromatic N) is 2. The minimum atomic E-state index is 0.403. The molecule has 0 aliphatic rings. The SMILES string of the molecule is N#CCc1ccc2nc(CBr)oc2c1. The van der Waals surface area contributed by atoms with Gasteiger partial charge in [-0.3, -0.25) is 0 Å². The highest BCUT2D eigenvalue weighted by molar-refractivity contribution is 9.08. The molecule has 0 spiro atoms. The van der Waals surface area contributed by atoms with Crippen LogP contribution >= 0.6 is 15.9 Å². The molecule has 0 aliphatic carbocycles. The first-order valence-electron chi connectivity index (χ1n) is 4.15. The number of hydrogen-bond donors (Lipinski definition) is 0. The van der Waals surface area contributed by atoms with Gasteiger partial charge in [0.1, 0.15) is 5.52 Å². The monoisotopic (exact) mass is 250 g/mol. The summed E-state index contributed by atoms with van der Waals surface area (Å²) in [6.07, 6.45) is 0.403. The van der Waals surface area contributed by atoms with Gasteiger partial charge >= 0.3 is 0 Å². The Balaban J connectivity index is 2.49. The van der Waals surface area contributed by atoms with E-state index in [2.05, 4.69) is 27.0 Å². The van der Waals surface area contributed by atoms with Crippen LogP contribution in [0.5, 0.6) is 0 Å². The van der Waals surface area contributed by atoms with E-state index in [-0.39, 0.29) is 0 Å². The van der Waals surface area contributed by atoms with E-state index < -0.39 is 0 Å². The minimum Gasteiger partial charge on any atom is -0.440 e. The van der Waals surface area contributed by atoms with Crippen LogP contribution in [0, 0.1) is 11.3 Å². The average Bonchev–Trinajstić information content (AvgIpc) is 2.60. The zero-order valence-corrected chi connectivity index (χ0v) is 8.91. The first kappa shape index (κ1) is 9.22. The maximum absolute atomic E-state index is 8.54. The normalized spacial score (nSPS) is 10.3. The molecule has 0 bridgehead atoms. The highest BCUT2D eigenvalue weighted by Gasteiger charge is 2.04. The van der Waals surface area contributed by atoms with Crippen LogP contribution in [0.4, 0.5) is 0 Å². The van der Waals surface area contributed by atoms with Gasteiger partial charge in [0, 0.05) is 0 Å². The van der Waals surface area contributed by atoms with Crippen molar-refractivity contribution in [2.75, 3.05) is 0 Å². The number of oxazole rings is 1. The quantitative estimate of drug-likeness (QED) is 0.771. The van der Waals surface area contributed by atoms with Gasteiger partial charge in [-0.2, -0.15) is 5.26 Å². The van der Waals surface area contributed by atoms with Crippen LogP contribution in [0.15, 0.2) is 22.6 Å². The maximum Gasteiger partial charge on any atom is 0.206 e. The number of hydrogen-bond acceptors (Lipinski definition) is 3. The third-order valence-corrected chi connectivity index (χ3v) is 2.37. The molecule has 1 aromatic heterocycles. The molecule has 0 radical (unpaired) electrons. The smallest absolute Gasteiger partial charge is 0.206 e. The van der Waals surface area contributed by atoms with Crippen LogP contribution in [0.3, 0.4) is 0 Å².